The molecule has 2 heterocycles. The van der Waals surface area contributed by atoms with Gasteiger partial charge in [-0.25, -0.2) is 8.42 Å². The molecule has 0 bridgehead atoms. The summed E-state index contributed by atoms with van der Waals surface area (Å²) in [5.41, 5.74) is 8.36. The molecule has 0 aliphatic heterocycles. The first-order valence-electron chi connectivity index (χ1n) is 10.6. The summed E-state index contributed by atoms with van der Waals surface area (Å²) in [6.45, 7) is 2.19. The van der Waals surface area contributed by atoms with Crippen molar-refractivity contribution in [2.24, 2.45) is 19.8 Å². The van der Waals surface area contributed by atoms with Gasteiger partial charge in [0.05, 0.1) is 16.3 Å². The molecule has 2 aromatic carbocycles. The fourth-order valence-electron chi connectivity index (χ4n) is 3.78. The number of aromatic nitrogens is 3. The van der Waals surface area contributed by atoms with Crippen molar-refractivity contribution in [1.29, 1.82) is 0 Å². The molecule has 172 valence electrons. The molecule has 4 rings (SSSR count). The number of benzene rings is 2. The van der Waals surface area contributed by atoms with Gasteiger partial charge in [-0.3, -0.25) is 9.48 Å². The predicted octanol–water partition coefficient (Wildman–Crippen LogP) is 2.74. The highest BCUT2D eigenvalue weighted by Crippen LogP contribution is 2.37. The van der Waals surface area contributed by atoms with E-state index in [-0.39, 0.29) is 22.8 Å². The molecule has 0 spiro atoms. The van der Waals surface area contributed by atoms with Crippen molar-refractivity contribution >= 4 is 20.6 Å². The second-order valence-electron chi connectivity index (χ2n) is 7.79. The maximum Gasteiger partial charge on any atom is 0.258 e. The van der Waals surface area contributed by atoms with Gasteiger partial charge in [-0.15, -0.1) is 0 Å². The van der Waals surface area contributed by atoms with Crippen LogP contribution >= 0.6 is 0 Å². The van der Waals surface area contributed by atoms with E-state index in [1.54, 1.807) is 43.0 Å². The number of hydrogen-bond donors (Lipinski definition) is 1. The van der Waals surface area contributed by atoms with Crippen LogP contribution < -0.4 is 16.0 Å². The van der Waals surface area contributed by atoms with E-state index >= 15 is 0 Å². The van der Waals surface area contributed by atoms with E-state index < -0.39 is 9.84 Å². The van der Waals surface area contributed by atoms with E-state index in [0.717, 1.165) is 11.3 Å². The summed E-state index contributed by atoms with van der Waals surface area (Å²) in [6, 6.07) is 12.2. The Morgan fingerprint density at radius 1 is 1.03 bits per heavy atom. The van der Waals surface area contributed by atoms with E-state index in [1.807, 2.05) is 31.4 Å². The van der Waals surface area contributed by atoms with Crippen molar-refractivity contribution in [3.05, 3.63) is 65.2 Å². The summed E-state index contributed by atoms with van der Waals surface area (Å²) in [7, 11) is 0.0639. The third kappa shape index (κ3) is 4.29. The molecular weight excluding hydrogens is 440 g/mol. The number of aryl methyl sites for hydroxylation is 2. The molecule has 0 atom stereocenters. The van der Waals surface area contributed by atoms with E-state index in [4.69, 9.17) is 10.5 Å². The van der Waals surface area contributed by atoms with Crippen LogP contribution in [0.4, 0.5) is 0 Å². The van der Waals surface area contributed by atoms with Gasteiger partial charge >= 0.3 is 0 Å². The minimum absolute atomic E-state index is 0.0205. The van der Waals surface area contributed by atoms with E-state index in [0.29, 0.717) is 34.2 Å². The smallest absolute Gasteiger partial charge is 0.258 e. The van der Waals surface area contributed by atoms with Crippen molar-refractivity contribution in [2.45, 2.75) is 11.8 Å². The van der Waals surface area contributed by atoms with Gasteiger partial charge in [-0.1, -0.05) is 13.0 Å². The topological polar surface area (TPSA) is 109 Å². The highest BCUT2D eigenvalue weighted by atomic mass is 32.2. The van der Waals surface area contributed by atoms with Gasteiger partial charge in [-0.2, -0.15) is 5.10 Å². The maximum atomic E-state index is 12.9. The molecule has 9 heteroatoms. The quantitative estimate of drug-likeness (QED) is 0.449. The van der Waals surface area contributed by atoms with Crippen LogP contribution in [0.25, 0.3) is 33.2 Å². The summed E-state index contributed by atoms with van der Waals surface area (Å²) in [4.78, 5) is 13.1. The number of hydrogen-bond acceptors (Lipinski definition) is 6. The molecule has 8 nitrogen and oxygen atoms in total. The Bertz CT molecular complexity index is 1500. The lowest BCUT2D eigenvalue weighted by molar-refractivity contribution is 0.329. The van der Waals surface area contributed by atoms with Gasteiger partial charge in [0.2, 0.25) is 0 Å². The predicted molar refractivity (Wildman–Crippen MR) is 129 cm³/mol. The molecule has 2 aromatic heterocycles. The van der Waals surface area contributed by atoms with Crippen LogP contribution in [0.15, 0.2) is 64.5 Å². The Morgan fingerprint density at radius 2 is 1.82 bits per heavy atom. The minimum atomic E-state index is -3.45. The van der Waals surface area contributed by atoms with Crippen LogP contribution in [-0.4, -0.2) is 41.7 Å². The van der Waals surface area contributed by atoms with E-state index in [1.165, 1.54) is 10.6 Å². The van der Waals surface area contributed by atoms with E-state index in [2.05, 4.69) is 5.10 Å². The van der Waals surface area contributed by atoms with Gasteiger partial charge in [0, 0.05) is 55.1 Å². The molecule has 0 aliphatic rings. The number of pyridine rings is 1. The normalized spacial score (nSPS) is 11.8. The Labute approximate surface area is 192 Å². The SMILES string of the molecule is CCS(=O)(=O)c1ccc(OCCN)c(-c2cn(C)c(=O)c3ccc(-c4ccn(C)n4)cc23)c1. The van der Waals surface area contributed by atoms with Gasteiger partial charge in [0.15, 0.2) is 9.84 Å². The Morgan fingerprint density at radius 3 is 2.48 bits per heavy atom. The van der Waals surface area contributed by atoms with Crippen molar-refractivity contribution in [2.75, 3.05) is 18.9 Å². The molecule has 0 unspecified atom stereocenters. The van der Waals surface area contributed by atoms with Crippen LogP contribution in [0.2, 0.25) is 0 Å². The van der Waals surface area contributed by atoms with Crippen molar-refractivity contribution < 1.29 is 13.2 Å². The van der Waals surface area contributed by atoms with Crippen molar-refractivity contribution in [1.82, 2.24) is 14.3 Å². The number of fused-ring (bicyclic) bond motifs is 1. The molecule has 0 radical (unpaired) electrons. The zero-order chi connectivity index (χ0) is 23.8. The summed E-state index contributed by atoms with van der Waals surface area (Å²) in [5, 5.41) is 5.66. The standard InChI is InChI=1S/C24H26N4O4S/c1-4-33(30,31)17-6-8-23(32-12-10-25)20(14-17)21-15-27(2)24(29)18-7-5-16(13-19(18)21)22-9-11-28(3)26-22/h5-9,11,13-15H,4,10,12,25H2,1-3H3. The van der Waals surface area contributed by atoms with Gasteiger partial charge < -0.3 is 15.0 Å². The summed E-state index contributed by atoms with van der Waals surface area (Å²) in [5.74, 6) is 0.478. The first-order valence-corrected chi connectivity index (χ1v) is 12.2. The molecule has 4 aromatic rings. The zero-order valence-electron chi connectivity index (χ0n) is 18.8. The number of ether oxygens (including phenoxy) is 1. The third-order valence-electron chi connectivity index (χ3n) is 5.55. The Balaban J connectivity index is 2.04. The number of sulfone groups is 1. The molecule has 0 saturated heterocycles. The third-order valence-corrected chi connectivity index (χ3v) is 7.28. The average molecular weight is 467 g/mol. The first kappa shape index (κ1) is 22.8. The summed E-state index contributed by atoms with van der Waals surface area (Å²) >= 11 is 0. The Hall–Kier alpha value is -3.43. The summed E-state index contributed by atoms with van der Waals surface area (Å²) < 4.78 is 34.3. The summed E-state index contributed by atoms with van der Waals surface area (Å²) in [6.07, 6.45) is 3.56. The van der Waals surface area contributed by atoms with Crippen molar-refractivity contribution in [3.63, 3.8) is 0 Å². The first-order chi connectivity index (χ1) is 15.7. The van der Waals surface area contributed by atoms with Crippen LogP contribution in [0.1, 0.15) is 6.92 Å². The molecule has 0 saturated carbocycles. The van der Waals surface area contributed by atoms with Gasteiger partial charge in [0.1, 0.15) is 12.4 Å². The molecule has 0 amide bonds. The van der Waals surface area contributed by atoms with Crippen LogP contribution in [0.5, 0.6) is 5.75 Å². The molecule has 33 heavy (non-hydrogen) atoms. The molecule has 2 N–H and O–H groups in total. The number of nitrogens with zero attached hydrogens (tertiary/aromatic N) is 3. The molecular formula is C24H26N4O4S. The minimum Gasteiger partial charge on any atom is -0.492 e. The second kappa shape index (κ2) is 8.84. The number of rotatable bonds is 7. The maximum absolute atomic E-state index is 12.9. The molecule has 0 aliphatic carbocycles. The Kier molecular flexibility index (Phi) is 6.09. The van der Waals surface area contributed by atoms with Crippen LogP contribution in [0, 0.1) is 0 Å². The lowest BCUT2D eigenvalue weighted by Crippen LogP contribution is -2.17. The van der Waals surface area contributed by atoms with E-state index in [9.17, 15) is 13.2 Å². The monoisotopic (exact) mass is 466 g/mol. The lowest BCUT2D eigenvalue weighted by Gasteiger charge is -2.16. The van der Waals surface area contributed by atoms with Crippen molar-refractivity contribution in [3.8, 4) is 28.1 Å². The average Bonchev–Trinajstić information content (AvgIpc) is 3.26. The largest absolute Gasteiger partial charge is 0.492 e. The number of nitrogens with two attached hydrogens (primary N) is 1. The highest BCUT2D eigenvalue weighted by molar-refractivity contribution is 7.91. The molecule has 0 fully saturated rings. The lowest BCUT2D eigenvalue weighted by atomic mass is 9.97. The van der Waals surface area contributed by atoms with Gasteiger partial charge in [0.25, 0.3) is 5.56 Å². The van der Waals surface area contributed by atoms with Crippen LogP contribution in [0.3, 0.4) is 0 Å². The zero-order valence-corrected chi connectivity index (χ0v) is 19.6. The fourth-order valence-corrected chi connectivity index (χ4v) is 4.69. The second-order valence-corrected chi connectivity index (χ2v) is 10.1. The van der Waals surface area contributed by atoms with Gasteiger partial charge in [-0.05, 0) is 41.8 Å². The fraction of sp³-hybridized carbons (Fsp3) is 0.250. The highest BCUT2D eigenvalue weighted by Gasteiger charge is 2.19. The van der Waals surface area contributed by atoms with Crippen LogP contribution in [-0.2, 0) is 23.9 Å².